The molecule has 8 heteroatoms. The van der Waals surface area contributed by atoms with Gasteiger partial charge in [0.05, 0.1) is 18.3 Å². The van der Waals surface area contributed by atoms with Crippen molar-refractivity contribution >= 4 is 22.5 Å². The van der Waals surface area contributed by atoms with Crippen LogP contribution in [-0.2, 0) is 0 Å². The number of nitrogens with two attached hydrogens (primary N) is 1. The second-order valence-corrected chi connectivity index (χ2v) is 5.82. The van der Waals surface area contributed by atoms with E-state index in [-0.39, 0.29) is 0 Å². The monoisotopic (exact) mass is 349 g/mol. The summed E-state index contributed by atoms with van der Waals surface area (Å²) in [7, 11) is 0. The summed E-state index contributed by atoms with van der Waals surface area (Å²) in [6, 6.07) is 13.6. The standard InChI is InChI=1S/C18H19N7O/c19-8-1-9-26-15-5-2-12(3-6-15)17-22-18(25-24-17)21-14-4-7-16-13(10-14)11-20-23-16/h2-7,10-11H,1,8-9,19H2,(H,20,23)(H2,21,22,24,25). The van der Waals surface area contributed by atoms with E-state index in [4.69, 9.17) is 10.5 Å². The molecule has 0 aliphatic carbocycles. The molecule has 132 valence electrons. The van der Waals surface area contributed by atoms with Crippen LogP contribution in [0.25, 0.3) is 22.3 Å². The normalized spacial score (nSPS) is 11.0. The minimum Gasteiger partial charge on any atom is -0.494 e. The molecule has 26 heavy (non-hydrogen) atoms. The van der Waals surface area contributed by atoms with E-state index in [2.05, 4.69) is 30.7 Å². The molecule has 4 rings (SSSR count). The maximum Gasteiger partial charge on any atom is 0.246 e. The molecule has 0 aliphatic heterocycles. The van der Waals surface area contributed by atoms with Crippen LogP contribution in [0.5, 0.6) is 5.75 Å². The van der Waals surface area contributed by atoms with Gasteiger partial charge in [-0.15, -0.1) is 5.10 Å². The fourth-order valence-electron chi connectivity index (χ4n) is 2.58. The van der Waals surface area contributed by atoms with Crippen molar-refractivity contribution < 1.29 is 4.74 Å². The van der Waals surface area contributed by atoms with Crippen molar-refractivity contribution in [3.63, 3.8) is 0 Å². The number of nitrogens with one attached hydrogen (secondary N) is 3. The van der Waals surface area contributed by atoms with Gasteiger partial charge in [-0.05, 0) is 55.4 Å². The van der Waals surface area contributed by atoms with Crippen LogP contribution < -0.4 is 15.8 Å². The first kappa shape index (κ1) is 16.1. The van der Waals surface area contributed by atoms with Gasteiger partial charge >= 0.3 is 0 Å². The van der Waals surface area contributed by atoms with E-state index in [0.717, 1.165) is 34.3 Å². The Morgan fingerprint density at radius 2 is 1.96 bits per heavy atom. The number of anilines is 2. The van der Waals surface area contributed by atoms with Gasteiger partial charge in [0.15, 0.2) is 5.82 Å². The van der Waals surface area contributed by atoms with Crippen LogP contribution in [0, 0.1) is 0 Å². The molecule has 2 heterocycles. The number of H-pyrrole nitrogens is 2. The Kier molecular flexibility index (Phi) is 4.48. The van der Waals surface area contributed by atoms with Crippen molar-refractivity contribution in [2.45, 2.75) is 6.42 Å². The topological polar surface area (TPSA) is 118 Å². The van der Waals surface area contributed by atoms with Crippen LogP contribution in [0.3, 0.4) is 0 Å². The molecule has 0 bridgehead atoms. The molecule has 0 radical (unpaired) electrons. The highest BCUT2D eigenvalue weighted by atomic mass is 16.5. The molecular formula is C18H19N7O. The largest absolute Gasteiger partial charge is 0.494 e. The summed E-state index contributed by atoms with van der Waals surface area (Å²) in [6.07, 6.45) is 2.62. The Hall–Kier alpha value is -3.39. The van der Waals surface area contributed by atoms with Gasteiger partial charge in [-0.25, -0.2) is 0 Å². The lowest BCUT2D eigenvalue weighted by molar-refractivity contribution is 0.313. The molecule has 0 spiro atoms. The molecule has 0 atom stereocenters. The molecule has 0 saturated heterocycles. The van der Waals surface area contributed by atoms with Gasteiger partial charge in [-0.1, -0.05) is 0 Å². The second kappa shape index (κ2) is 7.24. The van der Waals surface area contributed by atoms with Crippen molar-refractivity contribution in [1.82, 2.24) is 25.4 Å². The third kappa shape index (κ3) is 3.50. The number of ether oxygens (including phenoxy) is 1. The van der Waals surface area contributed by atoms with E-state index in [1.807, 2.05) is 42.5 Å². The lowest BCUT2D eigenvalue weighted by Gasteiger charge is -2.05. The maximum absolute atomic E-state index is 5.60. The minimum atomic E-state index is 0.506. The summed E-state index contributed by atoms with van der Waals surface area (Å²) in [6.45, 7) is 1.24. The second-order valence-electron chi connectivity index (χ2n) is 5.82. The summed E-state index contributed by atoms with van der Waals surface area (Å²) < 4.78 is 5.60. The Balaban J connectivity index is 1.45. The van der Waals surface area contributed by atoms with Crippen LogP contribution in [0.15, 0.2) is 48.7 Å². The minimum absolute atomic E-state index is 0.506. The van der Waals surface area contributed by atoms with E-state index in [0.29, 0.717) is 24.9 Å². The summed E-state index contributed by atoms with van der Waals surface area (Å²) in [5, 5.41) is 18.3. The van der Waals surface area contributed by atoms with Crippen molar-refractivity contribution in [2.24, 2.45) is 5.73 Å². The molecule has 4 aromatic rings. The van der Waals surface area contributed by atoms with Crippen LogP contribution in [0.4, 0.5) is 11.6 Å². The molecule has 0 saturated carbocycles. The Morgan fingerprint density at radius 1 is 1.08 bits per heavy atom. The Bertz CT molecular complexity index is 990. The number of aromatic nitrogens is 5. The summed E-state index contributed by atoms with van der Waals surface area (Å²) in [5.41, 5.74) is 8.28. The molecule has 0 fully saturated rings. The van der Waals surface area contributed by atoms with E-state index < -0.39 is 0 Å². The van der Waals surface area contributed by atoms with Crippen LogP contribution in [0.1, 0.15) is 6.42 Å². The van der Waals surface area contributed by atoms with Crippen LogP contribution in [0.2, 0.25) is 0 Å². The quantitative estimate of drug-likeness (QED) is 0.381. The van der Waals surface area contributed by atoms with Crippen molar-refractivity contribution in [2.75, 3.05) is 18.5 Å². The van der Waals surface area contributed by atoms with Gasteiger partial charge in [-0.3, -0.25) is 10.2 Å². The molecule has 0 amide bonds. The number of rotatable bonds is 7. The number of nitrogens with zero attached hydrogens (tertiary/aromatic N) is 3. The van der Waals surface area contributed by atoms with Crippen LogP contribution in [-0.4, -0.2) is 38.5 Å². The molecule has 5 N–H and O–H groups in total. The lowest BCUT2D eigenvalue weighted by atomic mass is 10.2. The van der Waals surface area contributed by atoms with Gasteiger partial charge in [0.2, 0.25) is 5.95 Å². The molecule has 0 aliphatic rings. The predicted molar refractivity (Wildman–Crippen MR) is 100 cm³/mol. The van der Waals surface area contributed by atoms with Gasteiger partial charge in [0, 0.05) is 16.6 Å². The first-order chi connectivity index (χ1) is 12.8. The molecule has 0 unspecified atom stereocenters. The summed E-state index contributed by atoms with van der Waals surface area (Å²) in [5.74, 6) is 2.00. The number of aromatic amines is 2. The zero-order valence-corrected chi connectivity index (χ0v) is 14.1. The van der Waals surface area contributed by atoms with E-state index in [1.165, 1.54) is 0 Å². The average molecular weight is 349 g/mol. The number of hydrogen-bond donors (Lipinski definition) is 4. The fraction of sp³-hybridized carbons (Fsp3) is 0.167. The number of hydrogen-bond acceptors (Lipinski definition) is 6. The van der Waals surface area contributed by atoms with E-state index in [1.54, 1.807) is 6.20 Å². The van der Waals surface area contributed by atoms with Gasteiger partial charge < -0.3 is 15.8 Å². The summed E-state index contributed by atoms with van der Waals surface area (Å²) >= 11 is 0. The van der Waals surface area contributed by atoms with Gasteiger partial charge in [0.1, 0.15) is 5.75 Å². The van der Waals surface area contributed by atoms with Crippen molar-refractivity contribution in [3.8, 4) is 17.1 Å². The highest BCUT2D eigenvalue weighted by molar-refractivity contribution is 5.82. The fourth-order valence-corrected chi connectivity index (χ4v) is 2.58. The molecule has 2 aromatic heterocycles. The van der Waals surface area contributed by atoms with Crippen LogP contribution >= 0.6 is 0 Å². The highest BCUT2D eigenvalue weighted by Crippen LogP contribution is 2.23. The smallest absolute Gasteiger partial charge is 0.246 e. The Morgan fingerprint density at radius 3 is 2.81 bits per heavy atom. The SMILES string of the molecule is NCCCOc1ccc(-c2nc(Nc3ccc4[nH]ncc4c3)n[nH]2)cc1. The lowest BCUT2D eigenvalue weighted by Crippen LogP contribution is -2.05. The Labute approximate surface area is 149 Å². The van der Waals surface area contributed by atoms with Gasteiger partial charge in [0.25, 0.3) is 0 Å². The highest BCUT2D eigenvalue weighted by Gasteiger charge is 2.07. The van der Waals surface area contributed by atoms with E-state index in [9.17, 15) is 0 Å². The molecule has 2 aromatic carbocycles. The van der Waals surface area contributed by atoms with Gasteiger partial charge in [-0.2, -0.15) is 10.1 Å². The van der Waals surface area contributed by atoms with E-state index >= 15 is 0 Å². The van der Waals surface area contributed by atoms with Crippen molar-refractivity contribution in [1.29, 1.82) is 0 Å². The third-order valence-electron chi connectivity index (χ3n) is 3.93. The first-order valence-corrected chi connectivity index (χ1v) is 8.38. The summed E-state index contributed by atoms with van der Waals surface area (Å²) in [4.78, 5) is 4.49. The maximum atomic E-state index is 5.60. The zero-order chi connectivity index (χ0) is 17.8. The van der Waals surface area contributed by atoms with Crippen molar-refractivity contribution in [3.05, 3.63) is 48.7 Å². The number of benzene rings is 2. The molecular weight excluding hydrogens is 330 g/mol. The number of fused-ring (bicyclic) bond motifs is 1. The predicted octanol–water partition coefficient (Wildman–Crippen LogP) is 2.82. The zero-order valence-electron chi connectivity index (χ0n) is 14.1. The molecule has 8 nitrogen and oxygen atoms in total. The first-order valence-electron chi connectivity index (χ1n) is 8.38. The average Bonchev–Trinajstić information content (AvgIpc) is 3.32. The third-order valence-corrected chi connectivity index (χ3v) is 3.93.